The topological polar surface area (TPSA) is 37.3 Å². The first-order valence-electron chi connectivity index (χ1n) is 8.59. The predicted octanol–water partition coefficient (Wildman–Crippen LogP) is 6.21. The Kier molecular flexibility index (Phi) is 22.5. The molecule has 0 aromatic heterocycles. The van der Waals surface area contributed by atoms with Gasteiger partial charge in [0.2, 0.25) is 0 Å². The summed E-state index contributed by atoms with van der Waals surface area (Å²) in [6.07, 6.45) is 27.3. The number of aliphatic carboxylic acids is 1. The number of rotatable bonds is 14. The standard InChI is InChI=1S/C20H32O2.Ag/c1-2-3-4-5-6-7-8-9-10-11-12-13-14-15-16-17-18-19-20(21)22;/h6-7,9-10,12-13,15-16H,2-5,8,11,14,17-19H2,1H3,(H,21,22);/b7-6-,10-9-,13-12-,16-15-;. The van der Waals surface area contributed by atoms with Crippen LogP contribution in [0.1, 0.15) is 71.1 Å². The zero-order valence-corrected chi connectivity index (χ0v) is 15.8. The molecule has 0 aliphatic heterocycles. The zero-order valence-electron chi connectivity index (χ0n) is 14.3. The second kappa shape index (κ2) is 21.2. The summed E-state index contributed by atoms with van der Waals surface area (Å²) in [7, 11) is 0. The van der Waals surface area contributed by atoms with Gasteiger partial charge in [0.1, 0.15) is 0 Å². The first-order chi connectivity index (χ1) is 10.8. The van der Waals surface area contributed by atoms with E-state index in [-0.39, 0.29) is 28.8 Å². The van der Waals surface area contributed by atoms with Crippen molar-refractivity contribution in [3.05, 3.63) is 48.6 Å². The Labute approximate surface area is 158 Å². The summed E-state index contributed by atoms with van der Waals surface area (Å²) in [5.74, 6) is -0.712. The van der Waals surface area contributed by atoms with E-state index in [1.54, 1.807) is 0 Å². The molecule has 0 aromatic rings. The van der Waals surface area contributed by atoms with E-state index in [2.05, 4.69) is 55.5 Å². The minimum Gasteiger partial charge on any atom is -0.481 e. The molecule has 0 aliphatic carbocycles. The van der Waals surface area contributed by atoms with Gasteiger partial charge in [-0.1, -0.05) is 68.4 Å². The monoisotopic (exact) mass is 411 g/mol. The maximum atomic E-state index is 10.3. The molecule has 0 fully saturated rings. The molecule has 0 saturated heterocycles. The maximum Gasteiger partial charge on any atom is 0.303 e. The molecule has 23 heavy (non-hydrogen) atoms. The molecule has 0 heterocycles. The number of carboxylic acids is 1. The Hall–Kier alpha value is -0.830. The molecule has 0 saturated carbocycles. The van der Waals surface area contributed by atoms with E-state index in [9.17, 15) is 4.79 Å². The molecule has 0 aromatic carbocycles. The number of allylic oxidation sites excluding steroid dienone is 8. The maximum absolute atomic E-state index is 10.3. The van der Waals surface area contributed by atoms with Crippen LogP contribution in [0, 0.1) is 0 Å². The SMILES string of the molecule is CCCCC/C=C\C/C=C\C/C=C\C/C=C\CCCC(=O)O.[Ag]. The van der Waals surface area contributed by atoms with E-state index in [0.717, 1.165) is 32.1 Å². The van der Waals surface area contributed by atoms with Crippen LogP contribution >= 0.6 is 0 Å². The fourth-order valence-electron chi connectivity index (χ4n) is 1.93. The first-order valence-corrected chi connectivity index (χ1v) is 8.59. The third-order valence-corrected chi connectivity index (χ3v) is 3.22. The van der Waals surface area contributed by atoms with Crippen molar-refractivity contribution in [1.29, 1.82) is 0 Å². The van der Waals surface area contributed by atoms with Gasteiger partial charge in [0.05, 0.1) is 0 Å². The van der Waals surface area contributed by atoms with Crippen LogP contribution < -0.4 is 0 Å². The van der Waals surface area contributed by atoms with E-state index in [1.165, 1.54) is 25.7 Å². The van der Waals surface area contributed by atoms with Crippen molar-refractivity contribution in [3.63, 3.8) is 0 Å². The molecule has 0 rings (SSSR count). The van der Waals surface area contributed by atoms with Gasteiger partial charge in [-0.05, 0) is 44.9 Å². The third-order valence-electron chi connectivity index (χ3n) is 3.22. The van der Waals surface area contributed by atoms with E-state index >= 15 is 0 Å². The van der Waals surface area contributed by atoms with Gasteiger partial charge in [0, 0.05) is 28.8 Å². The Morgan fingerprint density at radius 3 is 1.61 bits per heavy atom. The van der Waals surface area contributed by atoms with Gasteiger partial charge in [-0.25, -0.2) is 0 Å². The quantitative estimate of drug-likeness (QED) is 0.209. The molecule has 1 N–H and O–H groups in total. The van der Waals surface area contributed by atoms with Crippen LogP contribution in [0.25, 0.3) is 0 Å². The number of hydrogen-bond acceptors (Lipinski definition) is 1. The summed E-state index contributed by atoms with van der Waals surface area (Å²) < 4.78 is 0. The third kappa shape index (κ3) is 23.6. The van der Waals surface area contributed by atoms with Gasteiger partial charge in [-0.15, -0.1) is 0 Å². The molecule has 1 radical (unpaired) electrons. The summed E-state index contributed by atoms with van der Waals surface area (Å²) in [6.45, 7) is 2.23. The van der Waals surface area contributed by atoms with Crippen molar-refractivity contribution in [2.24, 2.45) is 0 Å². The molecule has 0 bridgehead atoms. The van der Waals surface area contributed by atoms with Gasteiger partial charge in [-0.3, -0.25) is 4.79 Å². The van der Waals surface area contributed by atoms with Gasteiger partial charge in [-0.2, -0.15) is 0 Å². The summed E-state index contributed by atoms with van der Waals surface area (Å²) >= 11 is 0. The van der Waals surface area contributed by atoms with Gasteiger partial charge >= 0.3 is 5.97 Å². The van der Waals surface area contributed by atoms with E-state index < -0.39 is 5.97 Å². The Balaban J connectivity index is 0. The second-order valence-corrected chi connectivity index (χ2v) is 5.37. The average Bonchev–Trinajstić information content (AvgIpc) is 2.50. The van der Waals surface area contributed by atoms with Crippen LogP contribution in [0.5, 0.6) is 0 Å². The number of carbonyl (C=O) groups is 1. The Morgan fingerprint density at radius 1 is 0.739 bits per heavy atom. The molecular weight excluding hydrogens is 380 g/mol. The molecule has 0 unspecified atom stereocenters. The van der Waals surface area contributed by atoms with Crippen molar-refractivity contribution in [1.82, 2.24) is 0 Å². The van der Waals surface area contributed by atoms with E-state index in [1.807, 2.05) is 0 Å². The molecule has 0 spiro atoms. The van der Waals surface area contributed by atoms with E-state index in [4.69, 9.17) is 5.11 Å². The molecule has 2 nitrogen and oxygen atoms in total. The molecular formula is C20H32AgO2. The number of carboxylic acid groups (broad SMARTS) is 1. The van der Waals surface area contributed by atoms with Gasteiger partial charge in [0.15, 0.2) is 0 Å². The summed E-state index contributed by atoms with van der Waals surface area (Å²) in [5, 5.41) is 8.49. The predicted molar refractivity (Wildman–Crippen MR) is 96.0 cm³/mol. The minimum absolute atomic E-state index is 0. The molecule has 0 aliphatic rings. The fourth-order valence-corrected chi connectivity index (χ4v) is 1.93. The molecule has 0 amide bonds. The summed E-state index contributed by atoms with van der Waals surface area (Å²) in [5.41, 5.74) is 0. The Bertz CT molecular complexity index is 368. The Morgan fingerprint density at radius 2 is 1.17 bits per heavy atom. The second-order valence-electron chi connectivity index (χ2n) is 5.37. The first kappa shape index (κ1) is 24.4. The van der Waals surface area contributed by atoms with Crippen LogP contribution in [0.4, 0.5) is 0 Å². The van der Waals surface area contributed by atoms with Gasteiger partial charge in [0.25, 0.3) is 0 Å². The van der Waals surface area contributed by atoms with Crippen LogP contribution in [0.3, 0.4) is 0 Å². The van der Waals surface area contributed by atoms with Crippen LogP contribution in [0.2, 0.25) is 0 Å². The normalized spacial score (nSPS) is 11.9. The fraction of sp³-hybridized carbons (Fsp3) is 0.550. The van der Waals surface area contributed by atoms with Crippen molar-refractivity contribution < 1.29 is 32.3 Å². The van der Waals surface area contributed by atoms with Crippen molar-refractivity contribution in [3.8, 4) is 0 Å². The van der Waals surface area contributed by atoms with E-state index in [0.29, 0.717) is 0 Å². The number of hydrogen-bond donors (Lipinski definition) is 1. The van der Waals surface area contributed by atoms with Crippen molar-refractivity contribution in [2.45, 2.75) is 71.1 Å². The summed E-state index contributed by atoms with van der Waals surface area (Å²) in [4.78, 5) is 10.3. The van der Waals surface area contributed by atoms with Crippen LogP contribution in [-0.4, -0.2) is 11.1 Å². The van der Waals surface area contributed by atoms with Crippen LogP contribution in [0.15, 0.2) is 48.6 Å². The average molecular weight is 412 g/mol. The summed E-state index contributed by atoms with van der Waals surface area (Å²) in [6, 6.07) is 0. The van der Waals surface area contributed by atoms with Crippen molar-refractivity contribution >= 4 is 5.97 Å². The molecule has 0 atom stereocenters. The molecule has 135 valence electrons. The van der Waals surface area contributed by atoms with Gasteiger partial charge < -0.3 is 5.11 Å². The minimum atomic E-state index is -0.712. The zero-order chi connectivity index (χ0) is 16.3. The van der Waals surface area contributed by atoms with Crippen LogP contribution in [-0.2, 0) is 27.2 Å². The van der Waals surface area contributed by atoms with Crippen molar-refractivity contribution in [2.75, 3.05) is 0 Å². The molecule has 3 heteroatoms. The largest absolute Gasteiger partial charge is 0.481 e. The number of unbranched alkanes of at least 4 members (excludes halogenated alkanes) is 4. The smallest absolute Gasteiger partial charge is 0.303 e.